The molecule has 3 aromatic carbocycles. The number of hydrogen-bond donors (Lipinski definition) is 0. The van der Waals surface area contributed by atoms with E-state index in [0.717, 1.165) is 11.2 Å². The Hall–Kier alpha value is -3.05. The molecule has 2 heteroatoms. The molecule has 0 N–H and O–H groups in total. The Morgan fingerprint density at radius 3 is 2.12 bits per heavy atom. The molecule has 0 bridgehead atoms. The van der Waals surface area contributed by atoms with Crippen LogP contribution in [0.5, 0.6) is 0 Å². The van der Waals surface area contributed by atoms with Crippen molar-refractivity contribution >= 4 is 27.5 Å². The highest BCUT2D eigenvalue weighted by Gasteiger charge is 2.13. The van der Waals surface area contributed by atoms with Gasteiger partial charge in [0.2, 0.25) is 0 Å². The molecule has 0 unspecified atom stereocenters. The zero-order chi connectivity index (χ0) is 17.6. The van der Waals surface area contributed by atoms with E-state index in [9.17, 15) is 0 Å². The molecule has 0 saturated carbocycles. The van der Waals surface area contributed by atoms with Gasteiger partial charge in [-0.25, -0.2) is 4.85 Å². The van der Waals surface area contributed by atoms with E-state index in [1.165, 1.54) is 27.4 Å². The summed E-state index contributed by atoms with van der Waals surface area (Å²) in [5.74, 6) is 0.517. The van der Waals surface area contributed by atoms with Crippen molar-refractivity contribution in [3.8, 4) is 5.69 Å². The summed E-state index contributed by atoms with van der Waals surface area (Å²) in [5, 5.41) is 2.42. The van der Waals surface area contributed by atoms with E-state index >= 15 is 0 Å². The number of hydrogen-bond acceptors (Lipinski definition) is 0. The first-order valence-electron chi connectivity index (χ1n) is 8.61. The second-order valence-corrected chi connectivity index (χ2v) is 6.92. The van der Waals surface area contributed by atoms with Gasteiger partial charge < -0.3 is 4.57 Å². The van der Waals surface area contributed by atoms with E-state index in [4.69, 9.17) is 6.57 Å². The molecular formula is C23H20N2. The van der Waals surface area contributed by atoms with Crippen molar-refractivity contribution in [2.24, 2.45) is 0 Å². The minimum Gasteiger partial charge on any atom is -0.311 e. The maximum Gasteiger partial charge on any atom is 0.189 e. The number of fused-ring (bicyclic) bond motifs is 3. The van der Waals surface area contributed by atoms with Crippen LogP contribution in [0.25, 0.3) is 32.3 Å². The van der Waals surface area contributed by atoms with Gasteiger partial charge in [0.15, 0.2) is 5.69 Å². The highest BCUT2D eigenvalue weighted by molar-refractivity contribution is 6.10. The van der Waals surface area contributed by atoms with Gasteiger partial charge in [0.25, 0.3) is 0 Å². The van der Waals surface area contributed by atoms with E-state index in [1.54, 1.807) is 0 Å². The fourth-order valence-electron chi connectivity index (χ4n) is 3.47. The third-order valence-corrected chi connectivity index (χ3v) is 4.85. The molecule has 0 fully saturated rings. The van der Waals surface area contributed by atoms with Crippen LogP contribution in [0.2, 0.25) is 0 Å². The van der Waals surface area contributed by atoms with Crippen LogP contribution >= 0.6 is 0 Å². The number of nitrogens with zero attached hydrogens (tertiary/aromatic N) is 2. The van der Waals surface area contributed by atoms with E-state index in [1.807, 2.05) is 12.1 Å². The van der Waals surface area contributed by atoms with Crippen molar-refractivity contribution in [1.29, 1.82) is 0 Å². The molecule has 0 spiro atoms. The third kappa shape index (κ3) is 2.49. The number of aryl methyl sites for hydroxylation is 1. The lowest BCUT2D eigenvalue weighted by Gasteiger charge is -2.11. The molecule has 1 aromatic heterocycles. The van der Waals surface area contributed by atoms with Gasteiger partial charge in [-0.2, -0.15) is 0 Å². The lowest BCUT2D eigenvalue weighted by Crippen LogP contribution is -1.95. The predicted molar refractivity (Wildman–Crippen MR) is 106 cm³/mol. The van der Waals surface area contributed by atoms with Crippen molar-refractivity contribution in [1.82, 2.24) is 4.57 Å². The van der Waals surface area contributed by atoms with E-state index < -0.39 is 0 Å². The van der Waals surface area contributed by atoms with Crippen molar-refractivity contribution < 1.29 is 0 Å². The van der Waals surface area contributed by atoms with Crippen LogP contribution in [0.4, 0.5) is 5.69 Å². The average Bonchev–Trinajstić information content (AvgIpc) is 2.94. The highest BCUT2D eigenvalue weighted by atomic mass is 15.0. The summed E-state index contributed by atoms with van der Waals surface area (Å²) in [6.07, 6.45) is 0. The first kappa shape index (κ1) is 15.5. The highest BCUT2D eigenvalue weighted by Crippen LogP contribution is 2.35. The average molecular weight is 324 g/mol. The van der Waals surface area contributed by atoms with Gasteiger partial charge in [-0.1, -0.05) is 50.2 Å². The molecule has 25 heavy (non-hydrogen) atoms. The minimum absolute atomic E-state index is 0.517. The summed E-state index contributed by atoms with van der Waals surface area (Å²) >= 11 is 0. The van der Waals surface area contributed by atoms with Crippen molar-refractivity contribution in [3.63, 3.8) is 0 Å². The first-order valence-corrected chi connectivity index (χ1v) is 8.61. The number of benzene rings is 3. The topological polar surface area (TPSA) is 9.29 Å². The van der Waals surface area contributed by atoms with Crippen LogP contribution < -0.4 is 0 Å². The van der Waals surface area contributed by atoms with Crippen LogP contribution in [-0.2, 0) is 0 Å². The van der Waals surface area contributed by atoms with Crippen molar-refractivity contribution in [3.05, 3.63) is 83.2 Å². The standard InChI is InChI=1S/C23H20N2/c1-15(2)17-6-9-19(10-7-17)25-22-13-16(3)5-11-20(22)21-12-8-18(24-4)14-23(21)25/h5-15H,1-3H3. The Bertz CT molecular complexity index is 1120. The van der Waals surface area contributed by atoms with Gasteiger partial charge in [0, 0.05) is 22.0 Å². The SMILES string of the molecule is [C-]#[N+]c1ccc2c3ccc(C)cc3n(-c3ccc(C(C)C)cc3)c2c1. The quantitative estimate of drug-likeness (QED) is 0.360. The lowest BCUT2D eigenvalue weighted by atomic mass is 10.0. The minimum atomic E-state index is 0.517. The van der Waals surface area contributed by atoms with E-state index in [0.29, 0.717) is 11.6 Å². The summed E-state index contributed by atoms with van der Waals surface area (Å²) in [4.78, 5) is 3.62. The van der Waals surface area contributed by atoms with Crippen LogP contribution in [0.3, 0.4) is 0 Å². The molecule has 4 aromatic rings. The molecule has 0 amide bonds. The Balaban J connectivity index is 2.08. The zero-order valence-electron chi connectivity index (χ0n) is 14.7. The molecule has 4 rings (SSSR count). The summed E-state index contributed by atoms with van der Waals surface area (Å²) in [6, 6.07) is 21.3. The molecule has 0 radical (unpaired) electrons. The maximum atomic E-state index is 7.35. The normalized spacial score (nSPS) is 11.3. The van der Waals surface area contributed by atoms with Gasteiger partial charge in [0.1, 0.15) is 0 Å². The fraction of sp³-hybridized carbons (Fsp3) is 0.174. The van der Waals surface area contributed by atoms with Gasteiger partial charge in [-0.15, -0.1) is 0 Å². The van der Waals surface area contributed by atoms with Crippen LogP contribution in [0.1, 0.15) is 30.9 Å². The number of aromatic nitrogens is 1. The molecule has 0 saturated heterocycles. The van der Waals surface area contributed by atoms with Crippen LogP contribution in [-0.4, -0.2) is 4.57 Å². The molecule has 0 aliphatic carbocycles. The second-order valence-electron chi connectivity index (χ2n) is 6.92. The van der Waals surface area contributed by atoms with Gasteiger partial charge in [-0.3, -0.25) is 0 Å². The second kappa shape index (κ2) is 5.79. The molecule has 0 atom stereocenters. The Morgan fingerprint density at radius 1 is 0.840 bits per heavy atom. The largest absolute Gasteiger partial charge is 0.311 e. The van der Waals surface area contributed by atoms with Gasteiger partial charge in [0.05, 0.1) is 12.1 Å². The fourth-order valence-corrected chi connectivity index (χ4v) is 3.47. The Kier molecular flexibility index (Phi) is 3.58. The summed E-state index contributed by atoms with van der Waals surface area (Å²) in [5.41, 5.74) is 6.66. The molecule has 2 nitrogen and oxygen atoms in total. The monoisotopic (exact) mass is 324 g/mol. The van der Waals surface area contributed by atoms with Crippen molar-refractivity contribution in [2.75, 3.05) is 0 Å². The predicted octanol–water partition coefficient (Wildman–Crippen LogP) is 6.77. The third-order valence-electron chi connectivity index (χ3n) is 4.85. The van der Waals surface area contributed by atoms with Crippen molar-refractivity contribution in [2.45, 2.75) is 26.7 Å². The molecule has 122 valence electrons. The van der Waals surface area contributed by atoms with Gasteiger partial charge >= 0.3 is 0 Å². The molecule has 0 aliphatic heterocycles. The lowest BCUT2D eigenvalue weighted by molar-refractivity contribution is 0.866. The summed E-state index contributed by atoms with van der Waals surface area (Å²) in [6.45, 7) is 13.9. The Morgan fingerprint density at radius 2 is 1.48 bits per heavy atom. The molecule has 0 aliphatic rings. The number of rotatable bonds is 2. The first-order chi connectivity index (χ1) is 12.1. The molecule has 1 heterocycles. The van der Waals surface area contributed by atoms with Crippen LogP contribution in [0, 0.1) is 13.5 Å². The zero-order valence-corrected chi connectivity index (χ0v) is 14.7. The van der Waals surface area contributed by atoms with E-state index in [2.05, 4.69) is 78.7 Å². The van der Waals surface area contributed by atoms with E-state index in [-0.39, 0.29) is 0 Å². The Labute approximate surface area is 148 Å². The summed E-state index contributed by atoms with van der Waals surface area (Å²) < 4.78 is 2.27. The smallest absolute Gasteiger partial charge is 0.189 e. The van der Waals surface area contributed by atoms with Gasteiger partial charge in [-0.05, 0) is 48.2 Å². The van der Waals surface area contributed by atoms with Crippen LogP contribution in [0.15, 0.2) is 60.7 Å². The molecular weight excluding hydrogens is 304 g/mol. The summed E-state index contributed by atoms with van der Waals surface area (Å²) in [7, 11) is 0. The maximum absolute atomic E-state index is 7.35.